The molecule has 1 N–H and O–H groups in total. The minimum Gasteiger partial charge on any atom is -0.377 e. The second-order valence-corrected chi connectivity index (χ2v) is 5.58. The van der Waals surface area contributed by atoms with Crippen molar-refractivity contribution in [3.63, 3.8) is 0 Å². The number of nitrogens with zero attached hydrogens (tertiary/aromatic N) is 2. The summed E-state index contributed by atoms with van der Waals surface area (Å²) in [6, 6.07) is 10.2. The highest BCUT2D eigenvalue weighted by Gasteiger charge is 2.44. The second kappa shape index (κ2) is 4.48. The van der Waals surface area contributed by atoms with Gasteiger partial charge in [-0.1, -0.05) is 34.1 Å². The average Bonchev–Trinajstić information content (AvgIpc) is 2.72. The van der Waals surface area contributed by atoms with Crippen LogP contribution in [0.3, 0.4) is 0 Å². The van der Waals surface area contributed by atoms with E-state index in [1.807, 2.05) is 31.2 Å². The lowest BCUT2D eigenvalue weighted by Crippen LogP contribution is -2.46. The monoisotopic (exact) mass is 317 g/mol. The van der Waals surface area contributed by atoms with Gasteiger partial charge in [0.25, 0.3) is 0 Å². The number of aryl methyl sites for hydroxylation is 1. The molecule has 3 rings (SSSR count). The third kappa shape index (κ3) is 1.88. The Labute approximate surface area is 119 Å². The largest absolute Gasteiger partial charge is 0.377 e. The molecule has 0 bridgehead atoms. The van der Waals surface area contributed by atoms with Gasteiger partial charge in [-0.15, -0.1) is 0 Å². The van der Waals surface area contributed by atoms with Crippen LogP contribution in [0.4, 0.5) is 0 Å². The summed E-state index contributed by atoms with van der Waals surface area (Å²) >= 11 is 3.53. The van der Waals surface area contributed by atoms with Gasteiger partial charge in [-0.05, 0) is 13.0 Å². The molecule has 1 fully saturated rings. The number of nitriles is 1. The number of aromatic nitrogens is 2. The smallest absolute Gasteiger partial charge is 0.161 e. The number of ether oxygens (including phenoxy) is 1. The van der Waals surface area contributed by atoms with Crippen LogP contribution in [-0.2, 0) is 10.2 Å². The van der Waals surface area contributed by atoms with Gasteiger partial charge in [0.1, 0.15) is 5.82 Å². The maximum Gasteiger partial charge on any atom is 0.161 e. The van der Waals surface area contributed by atoms with Crippen LogP contribution in [0.5, 0.6) is 0 Å². The number of halogens is 1. The SMILES string of the molecule is Cc1[nH]c(C2(C#N)COC2)nc1-c1ccccc1Br. The zero-order valence-corrected chi connectivity index (χ0v) is 12.0. The van der Waals surface area contributed by atoms with Crippen LogP contribution in [0.15, 0.2) is 28.7 Å². The van der Waals surface area contributed by atoms with E-state index in [4.69, 9.17) is 4.74 Å². The van der Waals surface area contributed by atoms with E-state index >= 15 is 0 Å². The van der Waals surface area contributed by atoms with Gasteiger partial charge in [0, 0.05) is 15.7 Å². The minimum absolute atomic E-state index is 0.409. The fourth-order valence-corrected chi connectivity index (χ4v) is 2.64. The van der Waals surface area contributed by atoms with E-state index in [9.17, 15) is 5.26 Å². The maximum absolute atomic E-state index is 9.32. The molecule has 0 spiro atoms. The lowest BCUT2D eigenvalue weighted by atomic mass is 9.87. The zero-order chi connectivity index (χ0) is 13.5. The summed E-state index contributed by atoms with van der Waals surface area (Å²) in [6.45, 7) is 2.79. The first kappa shape index (κ1) is 12.4. The van der Waals surface area contributed by atoms with Crippen LogP contribution in [0.2, 0.25) is 0 Å². The van der Waals surface area contributed by atoms with Gasteiger partial charge < -0.3 is 9.72 Å². The highest BCUT2D eigenvalue weighted by molar-refractivity contribution is 9.10. The second-order valence-electron chi connectivity index (χ2n) is 4.73. The summed E-state index contributed by atoms with van der Waals surface area (Å²) in [7, 11) is 0. The number of H-pyrrole nitrogens is 1. The van der Waals surface area contributed by atoms with Crippen molar-refractivity contribution in [2.45, 2.75) is 12.3 Å². The molecule has 0 radical (unpaired) electrons. The molecule has 1 saturated heterocycles. The Kier molecular flexibility index (Phi) is 2.92. The minimum atomic E-state index is -0.607. The molecule has 1 aromatic carbocycles. The van der Waals surface area contributed by atoms with E-state index in [0.717, 1.165) is 21.4 Å². The summed E-state index contributed by atoms with van der Waals surface area (Å²) in [5, 5.41) is 9.32. The normalized spacial score (nSPS) is 16.7. The molecule has 0 unspecified atom stereocenters. The molecular formula is C14H12BrN3O. The van der Waals surface area contributed by atoms with Crippen molar-refractivity contribution < 1.29 is 4.74 Å². The molecule has 96 valence electrons. The summed E-state index contributed by atoms with van der Waals surface area (Å²) in [5.41, 5.74) is 2.26. The van der Waals surface area contributed by atoms with Gasteiger partial charge >= 0.3 is 0 Å². The Balaban J connectivity index is 2.08. The lowest BCUT2D eigenvalue weighted by molar-refractivity contribution is -0.0335. The molecule has 4 nitrogen and oxygen atoms in total. The number of imidazole rings is 1. The van der Waals surface area contributed by atoms with Crippen molar-refractivity contribution in [1.29, 1.82) is 5.26 Å². The number of benzene rings is 1. The predicted octanol–water partition coefficient (Wildman–Crippen LogP) is 2.94. The van der Waals surface area contributed by atoms with E-state index in [2.05, 4.69) is 32.0 Å². The van der Waals surface area contributed by atoms with Crippen LogP contribution in [-0.4, -0.2) is 23.2 Å². The maximum atomic E-state index is 9.32. The van der Waals surface area contributed by atoms with Crippen LogP contribution in [0.1, 0.15) is 11.5 Å². The summed E-state index contributed by atoms with van der Waals surface area (Å²) in [6.07, 6.45) is 0. The first-order valence-electron chi connectivity index (χ1n) is 5.97. The number of aromatic amines is 1. The van der Waals surface area contributed by atoms with Gasteiger partial charge in [0.15, 0.2) is 5.41 Å². The fraction of sp³-hybridized carbons (Fsp3) is 0.286. The quantitative estimate of drug-likeness (QED) is 0.926. The highest BCUT2D eigenvalue weighted by Crippen LogP contribution is 2.34. The Bertz CT molecular complexity index is 668. The van der Waals surface area contributed by atoms with Crippen molar-refractivity contribution in [1.82, 2.24) is 9.97 Å². The number of rotatable bonds is 2. The van der Waals surface area contributed by atoms with Crippen molar-refractivity contribution in [2.75, 3.05) is 13.2 Å². The van der Waals surface area contributed by atoms with Crippen LogP contribution in [0.25, 0.3) is 11.3 Å². The van der Waals surface area contributed by atoms with E-state index in [1.165, 1.54) is 0 Å². The molecule has 1 aromatic heterocycles. The van der Waals surface area contributed by atoms with E-state index in [-0.39, 0.29) is 0 Å². The Hall–Kier alpha value is -1.64. The van der Waals surface area contributed by atoms with Crippen molar-refractivity contribution in [3.8, 4) is 17.3 Å². The van der Waals surface area contributed by atoms with Gasteiger partial charge in [0.2, 0.25) is 0 Å². The van der Waals surface area contributed by atoms with Crippen molar-refractivity contribution in [2.24, 2.45) is 0 Å². The molecule has 2 aromatic rings. The molecule has 5 heteroatoms. The number of hydrogen-bond donors (Lipinski definition) is 1. The van der Waals surface area contributed by atoms with Crippen LogP contribution < -0.4 is 0 Å². The van der Waals surface area contributed by atoms with E-state index in [0.29, 0.717) is 19.0 Å². The molecule has 19 heavy (non-hydrogen) atoms. The third-order valence-electron chi connectivity index (χ3n) is 3.38. The number of hydrogen-bond acceptors (Lipinski definition) is 3. The molecule has 0 aliphatic carbocycles. The van der Waals surface area contributed by atoms with Crippen molar-refractivity contribution in [3.05, 3.63) is 40.3 Å². The Morgan fingerprint density at radius 1 is 1.42 bits per heavy atom. The van der Waals surface area contributed by atoms with Crippen LogP contribution >= 0.6 is 15.9 Å². The summed E-state index contributed by atoms with van der Waals surface area (Å²) in [4.78, 5) is 7.85. The Morgan fingerprint density at radius 2 is 2.16 bits per heavy atom. The highest BCUT2D eigenvalue weighted by atomic mass is 79.9. The van der Waals surface area contributed by atoms with Gasteiger partial charge in [0.05, 0.1) is 25.0 Å². The third-order valence-corrected chi connectivity index (χ3v) is 4.07. The summed E-state index contributed by atoms with van der Waals surface area (Å²) < 4.78 is 6.16. The fourth-order valence-electron chi connectivity index (χ4n) is 2.16. The topological polar surface area (TPSA) is 61.7 Å². The first-order valence-corrected chi connectivity index (χ1v) is 6.76. The van der Waals surface area contributed by atoms with Gasteiger partial charge in [-0.25, -0.2) is 4.98 Å². The zero-order valence-electron chi connectivity index (χ0n) is 10.4. The average molecular weight is 318 g/mol. The molecule has 0 atom stereocenters. The molecule has 2 heterocycles. The van der Waals surface area contributed by atoms with E-state index < -0.39 is 5.41 Å². The lowest BCUT2D eigenvalue weighted by Gasteiger charge is -2.32. The van der Waals surface area contributed by atoms with Crippen molar-refractivity contribution >= 4 is 15.9 Å². The molecule has 0 amide bonds. The first-order chi connectivity index (χ1) is 9.16. The predicted molar refractivity (Wildman–Crippen MR) is 74.6 cm³/mol. The Morgan fingerprint density at radius 3 is 2.74 bits per heavy atom. The molecule has 1 aliphatic heterocycles. The van der Waals surface area contributed by atoms with Gasteiger partial charge in [-0.2, -0.15) is 5.26 Å². The van der Waals surface area contributed by atoms with Crippen LogP contribution in [0, 0.1) is 18.3 Å². The molecule has 0 saturated carbocycles. The number of nitrogens with one attached hydrogen (secondary N) is 1. The molecular weight excluding hydrogens is 306 g/mol. The van der Waals surface area contributed by atoms with E-state index in [1.54, 1.807) is 0 Å². The standard InChI is InChI=1S/C14H12BrN3O/c1-9-12(10-4-2-3-5-11(10)15)18-13(17-9)14(6-16)7-19-8-14/h2-5H,7-8H2,1H3,(H,17,18). The van der Waals surface area contributed by atoms with Gasteiger partial charge in [-0.3, -0.25) is 0 Å². The summed E-state index contributed by atoms with van der Waals surface area (Å²) in [5.74, 6) is 0.699. The molecule has 1 aliphatic rings.